The van der Waals surface area contributed by atoms with E-state index in [-0.39, 0.29) is 11.3 Å². The van der Waals surface area contributed by atoms with Crippen LogP contribution in [0.3, 0.4) is 0 Å². The number of nitrogens with one attached hydrogen (secondary N) is 2. The molecule has 0 bridgehead atoms. The van der Waals surface area contributed by atoms with Crippen molar-refractivity contribution >= 4 is 21.8 Å². The summed E-state index contributed by atoms with van der Waals surface area (Å²) in [5.41, 5.74) is 0. The molecule has 0 aromatic carbocycles. The van der Waals surface area contributed by atoms with Crippen molar-refractivity contribution < 1.29 is 8.42 Å². The SMILES string of the molecule is CSCCC(C)NS(=O)(=O)C1CCCNC1. The van der Waals surface area contributed by atoms with Gasteiger partial charge in [-0.15, -0.1) is 0 Å². The van der Waals surface area contributed by atoms with Crippen molar-refractivity contribution in [1.29, 1.82) is 0 Å². The normalized spacial score (nSPS) is 24.2. The Hall–Kier alpha value is 0.220. The maximum Gasteiger partial charge on any atom is 0.215 e. The fourth-order valence-electron chi connectivity index (χ4n) is 1.81. The van der Waals surface area contributed by atoms with Gasteiger partial charge in [-0.05, 0) is 44.7 Å². The molecular weight excluding hydrogens is 244 g/mol. The summed E-state index contributed by atoms with van der Waals surface area (Å²) < 4.78 is 26.8. The van der Waals surface area contributed by atoms with Gasteiger partial charge in [0.25, 0.3) is 0 Å². The fraction of sp³-hybridized carbons (Fsp3) is 1.00. The molecule has 6 heteroatoms. The number of piperidine rings is 1. The van der Waals surface area contributed by atoms with Gasteiger partial charge < -0.3 is 5.32 Å². The van der Waals surface area contributed by atoms with E-state index in [1.54, 1.807) is 11.8 Å². The lowest BCUT2D eigenvalue weighted by Crippen LogP contribution is -2.46. The van der Waals surface area contributed by atoms with E-state index in [1.165, 1.54) is 0 Å². The molecule has 0 spiro atoms. The summed E-state index contributed by atoms with van der Waals surface area (Å²) in [5, 5.41) is 2.88. The quantitative estimate of drug-likeness (QED) is 0.746. The second kappa shape index (κ2) is 6.83. The average molecular weight is 266 g/mol. The number of rotatable bonds is 6. The summed E-state index contributed by atoms with van der Waals surface area (Å²) >= 11 is 1.74. The highest BCUT2D eigenvalue weighted by molar-refractivity contribution is 7.98. The lowest BCUT2D eigenvalue weighted by molar-refractivity contribution is 0.482. The molecule has 96 valence electrons. The molecule has 1 saturated heterocycles. The smallest absolute Gasteiger partial charge is 0.215 e. The minimum absolute atomic E-state index is 0.0411. The lowest BCUT2D eigenvalue weighted by atomic mass is 10.2. The number of hydrogen-bond donors (Lipinski definition) is 2. The largest absolute Gasteiger partial charge is 0.315 e. The standard InChI is InChI=1S/C10H22N2O2S2/c1-9(5-7-15-2)12-16(13,14)10-4-3-6-11-8-10/h9-12H,3-8H2,1-2H3. The Morgan fingerprint density at radius 3 is 2.88 bits per heavy atom. The molecule has 1 heterocycles. The van der Waals surface area contributed by atoms with Gasteiger partial charge in [0.1, 0.15) is 0 Å². The van der Waals surface area contributed by atoms with E-state index >= 15 is 0 Å². The zero-order valence-electron chi connectivity index (χ0n) is 10.0. The maximum absolute atomic E-state index is 12.0. The van der Waals surface area contributed by atoms with Gasteiger partial charge in [-0.1, -0.05) is 0 Å². The van der Waals surface area contributed by atoms with Crippen LogP contribution in [0.4, 0.5) is 0 Å². The van der Waals surface area contributed by atoms with Crippen LogP contribution < -0.4 is 10.0 Å². The molecule has 0 aliphatic carbocycles. The van der Waals surface area contributed by atoms with Crippen LogP contribution >= 0.6 is 11.8 Å². The molecule has 1 aliphatic rings. The predicted octanol–water partition coefficient (Wildman–Crippen LogP) is 0.799. The van der Waals surface area contributed by atoms with Crippen molar-refractivity contribution in [2.24, 2.45) is 0 Å². The first-order chi connectivity index (χ1) is 7.56. The van der Waals surface area contributed by atoms with Crippen LogP contribution in [0.2, 0.25) is 0 Å². The Labute approximate surface area is 103 Å². The molecule has 0 aromatic rings. The molecular formula is C10H22N2O2S2. The van der Waals surface area contributed by atoms with Gasteiger partial charge in [0.05, 0.1) is 5.25 Å². The van der Waals surface area contributed by atoms with Crippen LogP contribution in [-0.4, -0.2) is 44.8 Å². The maximum atomic E-state index is 12.0. The van der Waals surface area contributed by atoms with Crippen LogP contribution in [-0.2, 0) is 10.0 Å². The van der Waals surface area contributed by atoms with E-state index < -0.39 is 10.0 Å². The van der Waals surface area contributed by atoms with Gasteiger partial charge in [0.15, 0.2) is 0 Å². The third kappa shape index (κ3) is 4.61. The topological polar surface area (TPSA) is 58.2 Å². The molecule has 0 radical (unpaired) electrons. The highest BCUT2D eigenvalue weighted by Gasteiger charge is 2.27. The van der Waals surface area contributed by atoms with E-state index in [0.717, 1.165) is 31.6 Å². The third-order valence-electron chi connectivity index (χ3n) is 2.81. The van der Waals surface area contributed by atoms with Gasteiger partial charge in [0, 0.05) is 12.6 Å². The summed E-state index contributed by atoms with van der Waals surface area (Å²) in [6, 6.07) is 0.0411. The summed E-state index contributed by atoms with van der Waals surface area (Å²) in [4.78, 5) is 0. The van der Waals surface area contributed by atoms with E-state index in [0.29, 0.717) is 6.54 Å². The first-order valence-corrected chi connectivity index (χ1v) is 8.71. The van der Waals surface area contributed by atoms with Crippen LogP contribution in [0.1, 0.15) is 26.2 Å². The van der Waals surface area contributed by atoms with Crippen molar-refractivity contribution in [3.63, 3.8) is 0 Å². The molecule has 1 rings (SSSR count). The van der Waals surface area contributed by atoms with Gasteiger partial charge in [-0.3, -0.25) is 0 Å². The van der Waals surface area contributed by atoms with Crippen LogP contribution in [0.5, 0.6) is 0 Å². The van der Waals surface area contributed by atoms with Crippen molar-refractivity contribution in [2.75, 3.05) is 25.1 Å². The minimum Gasteiger partial charge on any atom is -0.315 e. The Balaban J connectivity index is 2.43. The molecule has 1 aliphatic heterocycles. The summed E-state index contributed by atoms with van der Waals surface area (Å²) in [5.74, 6) is 0.993. The number of thioether (sulfide) groups is 1. The first kappa shape index (κ1) is 14.3. The van der Waals surface area contributed by atoms with E-state index in [1.807, 2.05) is 13.2 Å². The van der Waals surface area contributed by atoms with Crippen molar-refractivity contribution in [1.82, 2.24) is 10.0 Å². The Morgan fingerprint density at radius 1 is 1.56 bits per heavy atom. The zero-order valence-corrected chi connectivity index (χ0v) is 11.7. The van der Waals surface area contributed by atoms with Gasteiger partial charge >= 0.3 is 0 Å². The second-order valence-electron chi connectivity index (χ2n) is 4.31. The molecule has 2 N–H and O–H groups in total. The van der Waals surface area contributed by atoms with E-state index in [9.17, 15) is 8.42 Å². The van der Waals surface area contributed by atoms with Crippen molar-refractivity contribution in [2.45, 2.75) is 37.5 Å². The van der Waals surface area contributed by atoms with Gasteiger partial charge in [0.2, 0.25) is 10.0 Å². The Kier molecular flexibility index (Phi) is 6.10. The van der Waals surface area contributed by atoms with Crippen molar-refractivity contribution in [3.8, 4) is 0 Å². The molecule has 2 unspecified atom stereocenters. The molecule has 0 saturated carbocycles. The molecule has 1 fully saturated rings. The minimum atomic E-state index is -3.13. The molecule has 2 atom stereocenters. The van der Waals surface area contributed by atoms with Crippen LogP contribution in [0, 0.1) is 0 Å². The lowest BCUT2D eigenvalue weighted by Gasteiger charge is -2.24. The first-order valence-electron chi connectivity index (χ1n) is 5.77. The number of sulfonamides is 1. The number of hydrogen-bond acceptors (Lipinski definition) is 4. The Bertz CT molecular complexity index is 287. The van der Waals surface area contributed by atoms with E-state index in [4.69, 9.17) is 0 Å². The highest BCUT2D eigenvalue weighted by Crippen LogP contribution is 2.12. The van der Waals surface area contributed by atoms with E-state index in [2.05, 4.69) is 10.0 Å². The van der Waals surface area contributed by atoms with Gasteiger partial charge in [-0.25, -0.2) is 13.1 Å². The average Bonchev–Trinajstić information content (AvgIpc) is 2.27. The predicted molar refractivity (Wildman–Crippen MR) is 70.4 cm³/mol. The summed E-state index contributed by atoms with van der Waals surface area (Å²) in [6.45, 7) is 3.46. The van der Waals surface area contributed by atoms with Gasteiger partial charge in [-0.2, -0.15) is 11.8 Å². The Morgan fingerprint density at radius 2 is 2.31 bits per heavy atom. The van der Waals surface area contributed by atoms with Crippen LogP contribution in [0.15, 0.2) is 0 Å². The zero-order chi connectivity index (χ0) is 12.0. The molecule has 4 nitrogen and oxygen atoms in total. The third-order valence-corrected chi connectivity index (χ3v) is 5.47. The van der Waals surface area contributed by atoms with Crippen molar-refractivity contribution in [3.05, 3.63) is 0 Å². The van der Waals surface area contributed by atoms with Crippen LogP contribution in [0.25, 0.3) is 0 Å². The monoisotopic (exact) mass is 266 g/mol. The fourth-order valence-corrected chi connectivity index (χ4v) is 4.09. The second-order valence-corrected chi connectivity index (χ2v) is 7.29. The highest BCUT2D eigenvalue weighted by atomic mass is 32.2. The molecule has 16 heavy (non-hydrogen) atoms. The summed E-state index contributed by atoms with van der Waals surface area (Å²) in [6.07, 6.45) is 4.65. The summed E-state index contributed by atoms with van der Waals surface area (Å²) in [7, 11) is -3.13. The molecule has 0 amide bonds. The molecule has 0 aromatic heterocycles.